The molecule has 0 saturated heterocycles. The van der Waals surface area contributed by atoms with Gasteiger partial charge in [0.1, 0.15) is 0 Å². The number of carboxylic acid groups (broad SMARTS) is 1. The molecule has 1 atom stereocenters. The predicted octanol–water partition coefficient (Wildman–Crippen LogP) is 1.58. The van der Waals surface area contributed by atoms with Crippen LogP contribution in [0.4, 0.5) is 0 Å². The van der Waals surface area contributed by atoms with Crippen molar-refractivity contribution in [2.45, 2.75) is 31.4 Å². The molecule has 0 aromatic rings. The minimum absolute atomic E-state index is 0.269. The standard InChI is InChI=1S/C9H19NO2S/c1-8(13-2)5-7-10-6-3-4-9(11)12/h8,10H,3-7H2,1-2H3,(H,11,12). The van der Waals surface area contributed by atoms with Gasteiger partial charge in [0.15, 0.2) is 0 Å². The minimum atomic E-state index is -0.709. The van der Waals surface area contributed by atoms with Gasteiger partial charge in [-0.1, -0.05) is 6.92 Å². The van der Waals surface area contributed by atoms with Crippen molar-refractivity contribution in [1.82, 2.24) is 5.32 Å². The van der Waals surface area contributed by atoms with E-state index < -0.39 is 5.97 Å². The van der Waals surface area contributed by atoms with Crippen LogP contribution in [0.25, 0.3) is 0 Å². The van der Waals surface area contributed by atoms with Crippen LogP contribution in [0.3, 0.4) is 0 Å². The summed E-state index contributed by atoms with van der Waals surface area (Å²) in [7, 11) is 0. The number of hydrogen-bond acceptors (Lipinski definition) is 3. The lowest BCUT2D eigenvalue weighted by Gasteiger charge is -2.08. The second kappa shape index (κ2) is 8.38. The Morgan fingerprint density at radius 2 is 2.23 bits per heavy atom. The van der Waals surface area contributed by atoms with Gasteiger partial charge in [-0.3, -0.25) is 4.79 Å². The maximum Gasteiger partial charge on any atom is 0.303 e. The van der Waals surface area contributed by atoms with E-state index in [2.05, 4.69) is 18.5 Å². The maximum atomic E-state index is 10.2. The van der Waals surface area contributed by atoms with Gasteiger partial charge >= 0.3 is 5.97 Å². The van der Waals surface area contributed by atoms with E-state index in [4.69, 9.17) is 5.11 Å². The fourth-order valence-electron chi connectivity index (χ4n) is 0.913. The van der Waals surface area contributed by atoms with Crippen LogP contribution in [0.2, 0.25) is 0 Å². The molecule has 0 fully saturated rings. The van der Waals surface area contributed by atoms with Crippen molar-refractivity contribution < 1.29 is 9.90 Å². The lowest BCUT2D eigenvalue weighted by molar-refractivity contribution is -0.137. The molecule has 0 aliphatic carbocycles. The smallest absolute Gasteiger partial charge is 0.303 e. The highest BCUT2D eigenvalue weighted by Crippen LogP contribution is 2.07. The summed E-state index contributed by atoms with van der Waals surface area (Å²) in [5.41, 5.74) is 0. The lowest BCUT2D eigenvalue weighted by atomic mass is 10.3. The Labute approximate surface area is 84.3 Å². The lowest BCUT2D eigenvalue weighted by Crippen LogP contribution is -2.19. The Kier molecular flexibility index (Phi) is 8.24. The Morgan fingerprint density at radius 1 is 1.54 bits per heavy atom. The highest BCUT2D eigenvalue weighted by Gasteiger charge is 1.98. The fourth-order valence-corrected chi connectivity index (χ4v) is 1.27. The molecule has 0 aromatic carbocycles. The van der Waals surface area contributed by atoms with Crippen LogP contribution < -0.4 is 5.32 Å². The highest BCUT2D eigenvalue weighted by atomic mass is 32.2. The topological polar surface area (TPSA) is 49.3 Å². The molecule has 0 heterocycles. The predicted molar refractivity (Wildman–Crippen MR) is 57.3 cm³/mol. The van der Waals surface area contributed by atoms with Gasteiger partial charge in [-0.05, 0) is 32.2 Å². The van der Waals surface area contributed by atoms with Crippen molar-refractivity contribution in [3.63, 3.8) is 0 Å². The average Bonchev–Trinajstić information content (AvgIpc) is 2.10. The van der Waals surface area contributed by atoms with Crippen molar-refractivity contribution in [3.8, 4) is 0 Å². The molecule has 0 radical (unpaired) electrons. The van der Waals surface area contributed by atoms with Gasteiger partial charge in [-0.25, -0.2) is 0 Å². The molecule has 0 aliphatic rings. The van der Waals surface area contributed by atoms with E-state index in [0.717, 1.165) is 25.9 Å². The number of aliphatic carboxylic acids is 1. The van der Waals surface area contributed by atoms with E-state index in [1.54, 1.807) is 0 Å². The van der Waals surface area contributed by atoms with Crippen LogP contribution in [0.1, 0.15) is 26.2 Å². The molecule has 0 aliphatic heterocycles. The summed E-state index contributed by atoms with van der Waals surface area (Å²) in [6.07, 6.45) is 4.25. The Bertz CT molecular complexity index is 142. The van der Waals surface area contributed by atoms with Gasteiger partial charge in [0.05, 0.1) is 0 Å². The van der Waals surface area contributed by atoms with Gasteiger partial charge in [-0.2, -0.15) is 11.8 Å². The molecule has 78 valence electrons. The summed E-state index contributed by atoms with van der Waals surface area (Å²) in [4.78, 5) is 10.2. The van der Waals surface area contributed by atoms with Gasteiger partial charge in [0, 0.05) is 11.7 Å². The number of thioether (sulfide) groups is 1. The monoisotopic (exact) mass is 205 g/mol. The zero-order chi connectivity index (χ0) is 10.1. The Morgan fingerprint density at radius 3 is 2.77 bits per heavy atom. The highest BCUT2D eigenvalue weighted by molar-refractivity contribution is 7.99. The average molecular weight is 205 g/mol. The van der Waals surface area contributed by atoms with E-state index in [9.17, 15) is 4.79 Å². The zero-order valence-corrected chi connectivity index (χ0v) is 9.19. The molecule has 0 spiro atoms. The summed E-state index contributed by atoms with van der Waals surface area (Å²) in [5, 5.41) is 12.3. The van der Waals surface area contributed by atoms with Crippen LogP contribution in [0.5, 0.6) is 0 Å². The molecule has 2 N–H and O–H groups in total. The Balaban J connectivity index is 3.04. The van der Waals surface area contributed by atoms with E-state index in [1.807, 2.05) is 11.8 Å². The number of rotatable bonds is 8. The molecule has 1 unspecified atom stereocenters. The van der Waals surface area contributed by atoms with Crippen LogP contribution in [0.15, 0.2) is 0 Å². The molecule has 3 nitrogen and oxygen atoms in total. The zero-order valence-electron chi connectivity index (χ0n) is 8.38. The third-order valence-corrected chi connectivity index (χ3v) is 2.91. The van der Waals surface area contributed by atoms with Crippen LogP contribution in [-0.2, 0) is 4.79 Å². The van der Waals surface area contributed by atoms with Crippen LogP contribution in [0, 0.1) is 0 Å². The third kappa shape index (κ3) is 9.70. The number of carbonyl (C=O) groups is 1. The second-order valence-corrected chi connectivity index (χ2v) is 4.36. The van der Waals surface area contributed by atoms with Crippen molar-refractivity contribution in [2.75, 3.05) is 19.3 Å². The van der Waals surface area contributed by atoms with Crippen molar-refractivity contribution in [1.29, 1.82) is 0 Å². The largest absolute Gasteiger partial charge is 0.481 e. The third-order valence-electron chi connectivity index (χ3n) is 1.87. The van der Waals surface area contributed by atoms with Gasteiger partial charge < -0.3 is 10.4 Å². The van der Waals surface area contributed by atoms with Gasteiger partial charge in [0.2, 0.25) is 0 Å². The van der Waals surface area contributed by atoms with Gasteiger partial charge in [-0.15, -0.1) is 0 Å². The first-order chi connectivity index (χ1) is 6.16. The van der Waals surface area contributed by atoms with Crippen molar-refractivity contribution >= 4 is 17.7 Å². The minimum Gasteiger partial charge on any atom is -0.481 e. The first-order valence-corrected chi connectivity index (χ1v) is 5.91. The van der Waals surface area contributed by atoms with Crippen LogP contribution >= 0.6 is 11.8 Å². The first-order valence-electron chi connectivity index (χ1n) is 4.62. The number of hydrogen-bond donors (Lipinski definition) is 2. The molecule has 0 saturated carbocycles. The molecule has 4 heteroatoms. The van der Waals surface area contributed by atoms with E-state index >= 15 is 0 Å². The summed E-state index contributed by atoms with van der Waals surface area (Å²) in [6, 6.07) is 0. The molecule has 13 heavy (non-hydrogen) atoms. The summed E-state index contributed by atoms with van der Waals surface area (Å²) < 4.78 is 0. The van der Waals surface area contributed by atoms with E-state index in [1.165, 1.54) is 0 Å². The maximum absolute atomic E-state index is 10.2. The second-order valence-electron chi connectivity index (χ2n) is 3.08. The van der Waals surface area contributed by atoms with E-state index in [0.29, 0.717) is 5.25 Å². The molecule has 0 amide bonds. The molecular weight excluding hydrogens is 186 g/mol. The molecular formula is C9H19NO2S. The summed E-state index contributed by atoms with van der Waals surface area (Å²) in [6.45, 7) is 4.00. The van der Waals surface area contributed by atoms with Crippen molar-refractivity contribution in [3.05, 3.63) is 0 Å². The van der Waals surface area contributed by atoms with E-state index in [-0.39, 0.29) is 6.42 Å². The van der Waals surface area contributed by atoms with Crippen molar-refractivity contribution in [2.24, 2.45) is 0 Å². The molecule has 0 aromatic heterocycles. The first kappa shape index (κ1) is 12.8. The SMILES string of the molecule is CSC(C)CCNCCCC(=O)O. The molecule has 0 bridgehead atoms. The van der Waals surface area contributed by atoms with Gasteiger partial charge in [0.25, 0.3) is 0 Å². The number of carboxylic acids is 1. The summed E-state index contributed by atoms with van der Waals surface area (Å²) >= 11 is 1.86. The Hall–Kier alpha value is -0.220. The fraction of sp³-hybridized carbons (Fsp3) is 0.889. The summed E-state index contributed by atoms with van der Waals surface area (Å²) in [5.74, 6) is -0.709. The molecule has 0 rings (SSSR count). The normalized spacial score (nSPS) is 12.8. The number of nitrogens with one attached hydrogen (secondary N) is 1. The quantitative estimate of drug-likeness (QED) is 0.591. The van der Waals surface area contributed by atoms with Crippen LogP contribution in [-0.4, -0.2) is 35.7 Å².